The van der Waals surface area contributed by atoms with Crippen LogP contribution in [0.15, 0.2) is 78.9 Å². The van der Waals surface area contributed by atoms with Crippen LogP contribution < -0.4 is 24.8 Å². The van der Waals surface area contributed by atoms with Crippen molar-refractivity contribution in [1.82, 2.24) is 14.7 Å². The Hall–Kier alpha value is -4.99. The third-order valence-corrected chi connectivity index (χ3v) is 5.97. The van der Waals surface area contributed by atoms with Crippen molar-refractivity contribution in [3.8, 4) is 34.2 Å². The summed E-state index contributed by atoms with van der Waals surface area (Å²) in [6, 6.07) is 23.4. The van der Waals surface area contributed by atoms with E-state index in [1.54, 1.807) is 43.0 Å². The summed E-state index contributed by atoms with van der Waals surface area (Å²) in [5, 5.41) is 10.4. The largest absolute Gasteiger partial charge is 0.497 e. The van der Waals surface area contributed by atoms with Gasteiger partial charge in [-0.2, -0.15) is 5.10 Å². The molecular formula is C29H31N5O5. The molecule has 0 aliphatic carbocycles. The van der Waals surface area contributed by atoms with E-state index in [2.05, 4.69) is 10.6 Å². The van der Waals surface area contributed by atoms with Gasteiger partial charge in [-0.05, 0) is 31.2 Å². The van der Waals surface area contributed by atoms with Crippen molar-refractivity contribution in [1.29, 1.82) is 0 Å². The molecule has 0 bridgehead atoms. The topological polar surface area (TPSA) is 107 Å². The summed E-state index contributed by atoms with van der Waals surface area (Å²) in [5.41, 5.74) is 2.83. The summed E-state index contributed by atoms with van der Waals surface area (Å²) in [6.07, 6.45) is 0. The smallest absolute Gasteiger partial charge is 0.322 e. The third-order valence-electron chi connectivity index (χ3n) is 5.97. The molecule has 202 valence electrons. The van der Waals surface area contributed by atoms with Gasteiger partial charge in [-0.25, -0.2) is 9.48 Å². The minimum Gasteiger partial charge on any atom is -0.497 e. The Morgan fingerprint density at radius 2 is 1.46 bits per heavy atom. The first-order valence-electron chi connectivity index (χ1n) is 12.3. The second-order valence-electron chi connectivity index (χ2n) is 8.48. The number of carbonyl (C=O) groups excluding carboxylic acids is 2. The van der Waals surface area contributed by atoms with Crippen LogP contribution in [0.25, 0.3) is 16.9 Å². The number of nitrogens with one attached hydrogen (secondary N) is 2. The van der Waals surface area contributed by atoms with Crippen LogP contribution in [-0.2, 0) is 4.79 Å². The van der Waals surface area contributed by atoms with E-state index in [0.29, 0.717) is 41.0 Å². The lowest BCUT2D eigenvalue weighted by atomic mass is 10.1. The maximum absolute atomic E-state index is 13.1. The van der Waals surface area contributed by atoms with Crippen LogP contribution in [-0.4, -0.2) is 61.0 Å². The second kappa shape index (κ2) is 12.5. The molecule has 4 rings (SSSR count). The number of hydrogen-bond acceptors (Lipinski definition) is 6. The van der Waals surface area contributed by atoms with Gasteiger partial charge in [0.25, 0.3) is 0 Å². The molecule has 1 heterocycles. The van der Waals surface area contributed by atoms with Gasteiger partial charge in [0.05, 0.1) is 32.7 Å². The monoisotopic (exact) mass is 529 g/mol. The molecule has 10 nitrogen and oxygen atoms in total. The van der Waals surface area contributed by atoms with Gasteiger partial charge in [0.15, 0.2) is 0 Å². The van der Waals surface area contributed by atoms with E-state index in [4.69, 9.17) is 19.3 Å². The number of nitrogens with zero attached hydrogens (tertiary/aromatic N) is 3. The lowest BCUT2D eigenvalue weighted by Crippen LogP contribution is -2.40. The molecular weight excluding hydrogens is 498 g/mol. The number of likely N-dealkylation sites (N-methyl/N-ethyl adjacent to an activating group) is 1. The van der Waals surface area contributed by atoms with Gasteiger partial charge in [-0.1, -0.05) is 30.3 Å². The maximum atomic E-state index is 13.1. The summed E-state index contributed by atoms with van der Waals surface area (Å²) < 4.78 is 17.4. The number of anilines is 2. The Labute approximate surface area is 227 Å². The van der Waals surface area contributed by atoms with Crippen LogP contribution >= 0.6 is 0 Å². The SMILES string of the molecule is CCN(CC(=O)Nc1cc(-c2ccccc2)nn1-c1ccc(OC)cc1)C(=O)Nc1cc(OC)cc(OC)c1. The van der Waals surface area contributed by atoms with Crippen molar-refractivity contribution in [2.24, 2.45) is 0 Å². The lowest BCUT2D eigenvalue weighted by molar-refractivity contribution is -0.116. The fourth-order valence-corrected chi connectivity index (χ4v) is 3.91. The Morgan fingerprint density at radius 1 is 0.821 bits per heavy atom. The van der Waals surface area contributed by atoms with Gasteiger partial charge in [-0.3, -0.25) is 4.79 Å². The Kier molecular flexibility index (Phi) is 8.67. The van der Waals surface area contributed by atoms with Crippen molar-refractivity contribution >= 4 is 23.4 Å². The molecule has 0 spiro atoms. The first-order chi connectivity index (χ1) is 18.9. The van der Waals surface area contributed by atoms with E-state index in [9.17, 15) is 9.59 Å². The van der Waals surface area contributed by atoms with Crippen LogP contribution in [0, 0.1) is 0 Å². The summed E-state index contributed by atoms with van der Waals surface area (Å²) in [5.74, 6) is 1.87. The first-order valence-corrected chi connectivity index (χ1v) is 12.3. The zero-order valence-corrected chi connectivity index (χ0v) is 22.3. The molecule has 0 aliphatic rings. The molecule has 0 aliphatic heterocycles. The van der Waals surface area contributed by atoms with Crippen molar-refractivity contribution in [3.05, 3.63) is 78.9 Å². The highest BCUT2D eigenvalue weighted by atomic mass is 16.5. The molecule has 0 radical (unpaired) electrons. The molecule has 39 heavy (non-hydrogen) atoms. The minimum atomic E-state index is -0.434. The number of rotatable bonds is 10. The van der Waals surface area contributed by atoms with Crippen molar-refractivity contribution in [2.75, 3.05) is 45.1 Å². The predicted molar refractivity (Wildman–Crippen MR) is 150 cm³/mol. The standard InChI is InChI=1S/C29H31N5O5/c1-5-33(29(36)30-21-15-24(38-3)17-25(16-21)39-4)19-28(35)31-27-18-26(20-9-7-6-8-10-20)32-34(27)22-11-13-23(37-2)14-12-22/h6-18H,5,19H2,1-4H3,(H,30,36)(H,31,35). The van der Waals surface area contributed by atoms with Gasteiger partial charge in [0, 0.05) is 42.1 Å². The van der Waals surface area contributed by atoms with E-state index < -0.39 is 6.03 Å². The highest BCUT2D eigenvalue weighted by molar-refractivity contribution is 5.97. The average Bonchev–Trinajstić information content (AvgIpc) is 3.39. The number of amides is 3. The molecule has 10 heteroatoms. The van der Waals surface area contributed by atoms with Gasteiger partial charge in [0.1, 0.15) is 29.6 Å². The molecule has 1 aromatic heterocycles. The summed E-state index contributed by atoms with van der Waals surface area (Å²) in [6.45, 7) is 1.94. The molecule has 0 unspecified atom stereocenters. The Balaban J connectivity index is 1.53. The summed E-state index contributed by atoms with van der Waals surface area (Å²) in [7, 11) is 4.66. The number of methoxy groups -OCH3 is 3. The first kappa shape index (κ1) is 27.1. The van der Waals surface area contributed by atoms with E-state index in [-0.39, 0.29) is 12.5 Å². The molecule has 0 fully saturated rings. The molecule has 0 saturated heterocycles. The number of carbonyl (C=O) groups is 2. The zero-order valence-electron chi connectivity index (χ0n) is 22.3. The fourth-order valence-electron chi connectivity index (χ4n) is 3.91. The van der Waals surface area contributed by atoms with Gasteiger partial charge < -0.3 is 29.7 Å². The highest BCUT2D eigenvalue weighted by Crippen LogP contribution is 2.27. The zero-order chi connectivity index (χ0) is 27.8. The van der Waals surface area contributed by atoms with E-state index >= 15 is 0 Å². The van der Waals surface area contributed by atoms with Crippen LogP contribution in [0.2, 0.25) is 0 Å². The number of aromatic nitrogens is 2. The molecule has 2 N–H and O–H groups in total. The molecule has 0 saturated carbocycles. The van der Waals surface area contributed by atoms with Gasteiger partial charge >= 0.3 is 6.03 Å². The molecule has 0 atom stereocenters. The van der Waals surface area contributed by atoms with E-state index in [0.717, 1.165) is 11.3 Å². The third kappa shape index (κ3) is 6.67. The van der Waals surface area contributed by atoms with Gasteiger partial charge in [0.2, 0.25) is 5.91 Å². The molecule has 4 aromatic rings. The maximum Gasteiger partial charge on any atom is 0.322 e. The van der Waals surface area contributed by atoms with Crippen molar-refractivity contribution in [3.63, 3.8) is 0 Å². The van der Waals surface area contributed by atoms with E-state index in [1.165, 1.54) is 19.1 Å². The summed E-state index contributed by atoms with van der Waals surface area (Å²) in [4.78, 5) is 27.5. The summed E-state index contributed by atoms with van der Waals surface area (Å²) >= 11 is 0. The van der Waals surface area contributed by atoms with Crippen LogP contribution in [0.5, 0.6) is 17.2 Å². The highest BCUT2D eigenvalue weighted by Gasteiger charge is 2.19. The van der Waals surface area contributed by atoms with Crippen LogP contribution in [0.4, 0.5) is 16.3 Å². The van der Waals surface area contributed by atoms with Crippen molar-refractivity contribution in [2.45, 2.75) is 6.92 Å². The average molecular weight is 530 g/mol. The minimum absolute atomic E-state index is 0.169. The lowest BCUT2D eigenvalue weighted by Gasteiger charge is -2.21. The number of urea groups is 1. The number of ether oxygens (including phenoxy) is 3. The predicted octanol–water partition coefficient (Wildman–Crippen LogP) is 5.06. The number of benzene rings is 3. The van der Waals surface area contributed by atoms with Gasteiger partial charge in [-0.15, -0.1) is 0 Å². The van der Waals surface area contributed by atoms with Crippen molar-refractivity contribution < 1.29 is 23.8 Å². The van der Waals surface area contributed by atoms with E-state index in [1.807, 2.05) is 54.6 Å². The normalized spacial score (nSPS) is 10.5. The molecule has 3 amide bonds. The van der Waals surface area contributed by atoms with Crippen LogP contribution in [0.1, 0.15) is 6.92 Å². The molecule has 3 aromatic carbocycles. The van der Waals surface area contributed by atoms with Crippen LogP contribution in [0.3, 0.4) is 0 Å². The number of hydrogen-bond donors (Lipinski definition) is 2. The second-order valence-corrected chi connectivity index (χ2v) is 8.48. The Morgan fingerprint density at radius 3 is 2.05 bits per heavy atom. The quantitative estimate of drug-likeness (QED) is 0.298. The Bertz CT molecular complexity index is 1400. The fraction of sp³-hybridized carbons (Fsp3) is 0.207.